The molecule has 3 rings (SSSR count). The predicted octanol–water partition coefficient (Wildman–Crippen LogP) is 3.98. The molecule has 0 radical (unpaired) electrons. The van der Waals surface area contributed by atoms with Crippen LogP contribution in [0.1, 0.15) is 0 Å². The lowest BCUT2D eigenvalue weighted by molar-refractivity contribution is 0.592. The van der Waals surface area contributed by atoms with Gasteiger partial charge in [-0.1, -0.05) is 84.4 Å². The molecule has 1 nitrogen and oxygen atoms in total. The van der Waals surface area contributed by atoms with Crippen molar-refractivity contribution in [2.24, 2.45) is 0 Å². The van der Waals surface area contributed by atoms with Crippen molar-refractivity contribution in [2.75, 3.05) is 0 Å². The van der Waals surface area contributed by atoms with E-state index in [-0.39, 0.29) is 0 Å². The maximum atomic E-state index is 14.0. The highest BCUT2D eigenvalue weighted by molar-refractivity contribution is 7.85. The zero-order chi connectivity index (χ0) is 14.7. The van der Waals surface area contributed by atoms with E-state index in [1.54, 1.807) is 6.07 Å². The van der Waals surface area contributed by atoms with E-state index < -0.39 is 7.14 Å². The Hall–Kier alpha value is -1.82. The molecule has 0 fully saturated rings. The number of hydrogen-bond donors (Lipinski definition) is 0. The second kappa shape index (κ2) is 5.89. The van der Waals surface area contributed by atoms with Gasteiger partial charge in [0.25, 0.3) is 0 Å². The summed E-state index contributed by atoms with van der Waals surface area (Å²) in [6.07, 6.45) is 0. The Morgan fingerprint density at radius 1 is 0.619 bits per heavy atom. The average Bonchev–Trinajstić information content (AvgIpc) is 2.56. The first kappa shape index (κ1) is 14.1. The maximum absolute atomic E-state index is 14.0. The van der Waals surface area contributed by atoms with Gasteiger partial charge in [0.2, 0.25) is 0 Å². The summed E-state index contributed by atoms with van der Waals surface area (Å²) < 4.78 is 14.0. The molecule has 0 saturated heterocycles. The number of hydrogen-bond acceptors (Lipinski definition) is 1. The monoisotopic (exact) mass is 312 g/mol. The first-order chi connectivity index (χ1) is 10.2. The smallest absolute Gasteiger partial charge is 0.172 e. The molecular formula is C18H14ClOP. The highest BCUT2D eigenvalue weighted by Crippen LogP contribution is 2.44. The highest BCUT2D eigenvalue weighted by atomic mass is 35.5. The van der Waals surface area contributed by atoms with E-state index in [2.05, 4.69) is 0 Å². The molecule has 0 N–H and O–H groups in total. The Balaban J connectivity index is 2.32. The van der Waals surface area contributed by atoms with Gasteiger partial charge in [-0.2, -0.15) is 0 Å². The molecule has 0 aliphatic heterocycles. The Kier molecular flexibility index (Phi) is 3.96. The molecule has 0 bridgehead atoms. The fourth-order valence-electron chi connectivity index (χ4n) is 2.41. The van der Waals surface area contributed by atoms with Gasteiger partial charge in [-0.15, -0.1) is 0 Å². The molecule has 0 spiro atoms. The summed E-state index contributed by atoms with van der Waals surface area (Å²) in [4.78, 5) is 0. The van der Waals surface area contributed by atoms with Crippen molar-refractivity contribution in [3.63, 3.8) is 0 Å². The van der Waals surface area contributed by atoms with Gasteiger partial charge in [-0.25, -0.2) is 0 Å². The normalized spacial score (nSPS) is 11.3. The van der Waals surface area contributed by atoms with Crippen molar-refractivity contribution in [1.82, 2.24) is 0 Å². The predicted molar refractivity (Wildman–Crippen MR) is 90.8 cm³/mol. The summed E-state index contributed by atoms with van der Waals surface area (Å²) in [6.45, 7) is 0. The summed E-state index contributed by atoms with van der Waals surface area (Å²) in [5.41, 5.74) is 0. The van der Waals surface area contributed by atoms with Crippen LogP contribution in [0.3, 0.4) is 0 Å². The minimum atomic E-state index is -2.95. The van der Waals surface area contributed by atoms with Gasteiger partial charge in [0.1, 0.15) is 0 Å². The van der Waals surface area contributed by atoms with Gasteiger partial charge in [-0.05, 0) is 12.1 Å². The Bertz CT molecular complexity index is 741. The summed E-state index contributed by atoms with van der Waals surface area (Å²) in [6, 6.07) is 26.4. The second-order valence-corrected chi connectivity index (χ2v) is 7.87. The number of rotatable bonds is 3. The lowest BCUT2D eigenvalue weighted by atomic mass is 10.3. The van der Waals surface area contributed by atoms with Crippen LogP contribution in [-0.4, -0.2) is 0 Å². The van der Waals surface area contributed by atoms with Crippen LogP contribution in [0.5, 0.6) is 0 Å². The summed E-state index contributed by atoms with van der Waals surface area (Å²) in [5, 5.41) is 2.81. The van der Waals surface area contributed by atoms with Crippen molar-refractivity contribution < 1.29 is 4.57 Å². The van der Waals surface area contributed by atoms with E-state index in [1.165, 1.54) is 0 Å². The third-order valence-electron chi connectivity index (χ3n) is 3.43. The van der Waals surface area contributed by atoms with Crippen LogP contribution in [0.4, 0.5) is 0 Å². The van der Waals surface area contributed by atoms with Crippen molar-refractivity contribution >= 4 is 34.7 Å². The minimum absolute atomic E-state index is 0.536. The molecule has 0 aliphatic rings. The molecule has 0 unspecified atom stereocenters. The van der Waals surface area contributed by atoms with Crippen LogP contribution in [0, 0.1) is 0 Å². The van der Waals surface area contributed by atoms with E-state index in [4.69, 9.17) is 11.6 Å². The van der Waals surface area contributed by atoms with Crippen LogP contribution in [0.25, 0.3) is 0 Å². The van der Waals surface area contributed by atoms with Gasteiger partial charge in [0, 0.05) is 15.9 Å². The number of halogens is 1. The van der Waals surface area contributed by atoms with E-state index in [9.17, 15) is 4.57 Å². The summed E-state index contributed by atoms with van der Waals surface area (Å²) in [5.74, 6) is 0. The summed E-state index contributed by atoms with van der Waals surface area (Å²) in [7, 11) is -2.95. The SMILES string of the molecule is O=P(c1ccccc1)(c1ccccc1)c1ccccc1Cl. The molecule has 3 aromatic rings. The number of benzene rings is 3. The Morgan fingerprint density at radius 3 is 1.52 bits per heavy atom. The van der Waals surface area contributed by atoms with E-state index >= 15 is 0 Å². The first-order valence-corrected chi connectivity index (χ1v) is 8.78. The molecule has 0 aromatic heterocycles. The van der Waals surface area contributed by atoms with Crippen LogP contribution >= 0.6 is 18.7 Å². The fourth-order valence-corrected chi connectivity index (χ4v) is 5.61. The van der Waals surface area contributed by atoms with Gasteiger partial charge in [0.15, 0.2) is 7.14 Å². The van der Waals surface area contributed by atoms with E-state index in [0.717, 1.165) is 10.6 Å². The molecule has 0 aliphatic carbocycles. The van der Waals surface area contributed by atoms with E-state index in [0.29, 0.717) is 10.3 Å². The topological polar surface area (TPSA) is 17.1 Å². The molecule has 0 atom stereocenters. The van der Waals surface area contributed by atoms with Gasteiger partial charge in [-0.3, -0.25) is 0 Å². The molecule has 104 valence electrons. The molecule has 0 amide bonds. The van der Waals surface area contributed by atoms with Crippen molar-refractivity contribution in [3.8, 4) is 0 Å². The van der Waals surface area contributed by atoms with Crippen LogP contribution in [-0.2, 0) is 4.57 Å². The fraction of sp³-hybridized carbons (Fsp3) is 0. The Labute approximate surface area is 129 Å². The van der Waals surface area contributed by atoms with Gasteiger partial charge < -0.3 is 4.57 Å². The largest absolute Gasteiger partial charge is 0.309 e. The Morgan fingerprint density at radius 2 is 1.05 bits per heavy atom. The molecule has 21 heavy (non-hydrogen) atoms. The van der Waals surface area contributed by atoms with Gasteiger partial charge in [0.05, 0.1) is 5.02 Å². The maximum Gasteiger partial charge on any atom is 0.172 e. The lowest BCUT2D eigenvalue weighted by Gasteiger charge is -2.20. The summed E-state index contributed by atoms with van der Waals surface area (Å²) >= 11 is 6.34. The van der Waals surface area contributed by atoms with Crippen LogP contribution in [0.15, 0.2) is 84.9 Å². The standard InChI is InChI=1S/C18H14ClOP/c19-17-13-7-8-14-18(17)21(20,15-9-3-1-4-10-15)16-11-5-2-6-12-16/h1-14H. The van der Waals surface area contributed by atoms with Crippen LogP contribution in [0.2, 0.25) is 5.02 Å². The third-order valence-corrected chi connectivity index (χ3v) is 7.01. The van der Waals surface area contributed by atoms with Gasteiger partial charge >= 0.3 is 0 Å². The molecule has 0 heterocycles. The third kappa shape index (κ3) is 2.55. The second-order valence-electron chi connectivity index (χ2n) is 4.73. The quantitative estimate of drug-likeness (QED) is 0.669. The molecular weight excluding hydrogens is 299 g/mol. The molecule has 0 saturated carbocycles. The molecule has 3 aromatic carbocycles. The van der Waals surface area contributed by atoms with E-state index in [1.807, 2.05) is 78.9 Å². The highest BCUT2D eigenvalue weighted by Gasteiger charge is 2.31. The zero-order valence-corrected chi connectivity index (χ0v) is 13.0. The minimum Gasteiger partial charge on any atom is -0.309 e. The lowest BCUT2D eigenvalue weighted by Crippen LogP contribution is -2.25. The molecule has 3 heteroatoms. The average molecular weight is 313 g/mol. The van der Waals surface area contributed by atoms with Crippen molar-refractivity contribution in [2.45, 2.75) is 0 Å². The first-order valence-electron chi connectivity index (χ1n) is 6.69. The van der Waals surface area contributed by atoms with Crippen LogP contribution < -0.4 is 15.9 Å². The zero-order valence-electron chi connectivity index (χ0n) is 11.3. The van der Waals surface area contributed by atoms with Crippen molar-refractivity contribution in [3.05, 3.63) is 90.0 Å². The van der Waals surface area contributed by atoms with Crippen molar-refractivity contribution in [1.29, 1.82) is 0 Å².